The molecule has 0 aromatic rings. The van der Waals surface area contributed by atoms with Crippen LogP contribution in [0.1, 0.15) is 0 Å². The second-order valence-corrected chi connectivity index (χ2v) is 3.98. The van der Waals surface area contributed by atoms with Crippen molar-refractivity contribution in [3.05, 3.63) is 0 Å². The average Bonchev–Trinajstić information content (AvgIpc) is 2.22. The molecule has 1 N–H and O–H groups in total. The summed E-state index contributed by atoms with van der Waals surface area (Å²) in [6, 6.07) is 0. The molecular weight excluding hydrogens is 192 g/mol. The van der Waals surface area contributed by atoms with E-state index in [1.54, 1.807) is 0 Å². The molecule has 0 radical (unpaired) electrons. The van der Waals surface area contributed by atoms with Crippen molar-refractivity contribution in [3.8, 4) is 12.3 Å². The Kier molecular flexibility index (Phi) is 5.66. The van der Waals surface area contributed by atoms with Crippen molar-refractivity contribution < 1.29 is 9.84 Å². The third-order valence-electron chi connectivity index (χ3n) is 2.56. The van der Waals surface area contributed by atoms with Gasteiger partial charge in [0.2, 0.25) is 0 Å². The van der Waals surface area contributed by atoms with E-state index in [0.29, 0.717) is 13.2 Å². The van der Waals surface area contributed by atoms with Crippen molar-refractivity contribution in [2.24, 2.45) is 0 Å². The molecule has 0 spiro atoms. The summed E-state index contributed by atoms with van der Waals surface area (Å²) >= 11 is 0. The number of hydrogen-bond donors (Lipinski definition) is 1. The molecule has 15 heavy (non-hydrogen) atoms. The van der Waals surface area contributed by atoms with E-state index in [-0.39, 0.29) is 6.61 Å². The smallest absolute Gasteiger partial charge is 0.107 e. The van der Waals surface area contributed by atoms with Crippen LogP contribution in [0, 0.1) is 12.3 Å². The first-order chi connectivity index (χ1) is 7.22. The molecule has 0 aromatic heterocycles. The quantitative estimate of drug-likeness (QED) is 0.480. The van der Waals surface area contributed by atoms with Gasteiger partial charge in [0, 0.05) is 32.7 Å². The fourth-order valence-electron chi connectivity index (χ4n) is 1.64. The maximum Gasteiger partial charge on any atom is 0.107 e. The molecule has 1 rings (SSSR count). The lowest BCUT2D eigenvalue weighted by molar-refractivity contribution is 0.0183. The Bertz CT molecular complexity index is 207. The average molecular weight is 212 g/mol. The van der Waals surface area contributed by atoms with E-state index in [9.17, 15) is 5.11 Å². The summed E-state index contributed by atoms with van der Waals surface area (Å²) in [4.78, 5) is 4.54. The number of nitrogens with zero attached hydrogens (tertiary/aromatic N) is 2. The third kappa shape index (κ3) is 5.14. The van der Waals surface area contributed by atoms with Crippen molar-refractivity contribution in [2.45, 2.75) is 6.10 Å². The Balaban J connectivity index is 2.09. The highest BCUT2D eigenvalue weighted by atomic mass is 16.5. The zero-order valence-corrected chi connectivity index (χ0v) is 9.35. The van der Waals surface area contributed by atoms with Crippen LogP contribution < -0.4 is 0 Å². The van der Waals surface area contributed by atoms with Crippen molar-refractivity contribution in [1.29, 1.82) is 0 Å². The number of β-amino-alcohol motifs (C(OH)–C–C–N with tert-alkyl or cyclic N) is 1. The van der Waals surface area contributed by atoms with E-state index < -0.39 is 6.10 Å². The highest BCUT2D eigenvalue weighted by Crippen LogP contribution is 2.00. The molecule has 0 bridgehead atoms. The molecule has 0 aromatic carbocycles. The van der Waals surface area contributed by atoms with Gasteiger partial charge in [0.05, 0.1) is 12.7 Å². The summed E-state index contributed by atoms with van der Waals surface area (Å²) < 4.78 is 5.08. The highest BCUT2D eigenvalue weighted by Gasteiger charge is 2.16. The molecule has 1 unspecified atom stereocenters. The number of rotatable bonds is 5. The number of piperazine rings is 1. The van der Waals surface area contributed by atoms with E-state index in [2.05, 4.69) is 22.8 Å². The summed E-state index contributed by atoms with van der Waals surface area (Å²) in [5, 5.41) is 9.65. The van der Waals surface area contributed by atoms with Gasteiger partial charge < -0.3 is 14.7 Å². The van der Waals surface area contributed by atoms with Crippen LogP contribution in [-0.2, 0) is 4.74 Å². The Morgan fingerprint density at radius 1 is 1.40 bits per heavy atom. The Labute approximate surface area is 91.8 Å². The molecule has 1 saturated heterocycles. The lowest BCUT2D eigenvalue weighted by Crippen LogP contribution is -2.47. The highest BCUT2D eigenvalue weighted by molar-refractivity contribution is 4.83. The first-order valence-electron chi connectivity index (χ1n) is 5.32. The van der Waals surface area contributed by atoms with Crippen molar-refractivity contribution in [3.63, 3.8) is 0 Å². The molecule has 4 heteroatoms. The zero-order chi connectivity index (χ0) is 11.1. The number of terminal acetylenes is 1. The standard InChI is InChI=1S/C11H20N2O2/c1-3-8-15-10-11(14)9-13-6-4-12(2)5-7-13/h1,11,14H,4-10H2,2H3. The van der Waals surface area contributed by atoms with Crippen LogP contribution in [0.2, 0.25) is 0 Å². The van der Waals surface area contributed by atoms with E-state index in [4.69, 9.17) is 11.2 Å². The topological polar surface area (TPSA) is 35.9 Å². The molecule has 1 heterocycles. The van der Waals surface area contributed by atoms with Gasteiger partial charge in [0.25, 0.3) is 0 Å². The van der Waals surface area contributed by atoms with Crippen LogP contribution in [0.4, 0.5) is 0 Å². The Hall–Kier alpha value is -0.600. The maximum absolute atomic E-state index is 9.65. The predicted molar refractivity (Wildman–Crippen MR) is 59.6 cm³/mol. The molecular formula is C11H20N2O2. The fraction of sp³-hybridized carbons (Fsp3) is 0.818. The van der Waals surface area contributed by atoms with Gasteiger partial charge >= 0.3 is 0 Å². The van der Waals surface area contributed by atoms with Gasteiger partial charge in [-0.3, -0.25) is 4.90 Å². The lowest BCUT2D eigenvalue weighted by atomic mass is 10.3. The fourth-order valence-corrected chi connectivity index (χ4v) is 1.64. The first kappa shape index (κ1) is 12.5. The number of aliphatic hydroxyl groups is 1. The SMILES string of the molecule is C#CCOCC(O)CN1CCN(C)CC1. The van der Waals surface area contributed by atoms with Gasteiger partial charge in [-0.15, -0.1) is 6.42 Å². The summed E-state index contributed by atoms with van der Waals surface area (Å²) in [7, 11) is 2.11. The maximum atomic E-state index is 9.65. The molecule has 1 atom stereocenters. The van der Waals surface area contributed by atoms with Crippen molar-refractivity contribution >= 4 is 0 Å². The minimum atomic E-state index is -0.429. The van der Waals surface area contributed by atoms with E-state index >= 15 is 0 Å². The minimum Gasteiger partial charge on any atom is -0.389 e. The van der Waals surface area contributed by atoms with Crippen molar-refractivity contribution in [2.75, 3.05) is 53.0 Å². The summed E-state index contributed by atoms with van der Waals surface area (Å²) in [6.07, 6.45) is 4.61. The zero-order valence-electron chi connectivity index (χ0n) is 9.35. The first-order valence-corrected chi connectivity index (χ1v) is 5.32. The van der Waals surface area contributed by atoms with Crippen LogP contribution in [0.3, 0.4) is 0 Å². The summed E-state index contributed by atoms with van der Waals surface area (Å²) in [5.74, 6) is 2.38. The van der Waals surface area contributed by atoms with E-state index in [1.807, 2.05) is 0 Å². The van der Waals surface area contributed by atoms with Crippen LogP contribution in [-0.4, -0.2) is 74.0 Å². The van der Waals surface area contributed by atoms with E-state index in [0.717, 1.165) is 26.2 Å². The molecule has 0 saturated carbocycles. The monoisotopic (exact) mass is 212 g/mol. The Morgan fingerprint density at radius 2 is 2.07 bits per heavy atom. The molecule has 86 valence electrons. The Morgan fingerprint density at radius 3 is 2.67 bits per heavy atom. The summed E-state index contributed by atoms with van der Waals surface area (Å²) in [6.45, 7) is 5.45. The number of likely N-dealkylation sites (N-methyl/N-ethyl adjacent to an activating group) is 1. The van der Waals surface area contributed by atoms with Crippen LogP contribution in [0.25, 0.3) is 0 Å². The lowest BCUT2D eigenvalue weighted by Gasteiger charge is -2.33. The second-order valence-electron chi connectivity index (χ2n) is 3.98. The van der Waals surface area contributed by atoms with Gasteiger partial charge in [-0.2, -0.15) is 0 Å². The third-order valence-corrected chi connectivity index (χ3v) is 2.56. The molecule has 0 aliphatic carbocycles. The second kappa shape index (κ2) is 6.81. The normalized spacial score (nSPS) is 21.1. The van der Waals surface area contributed by atoms with Gasteiger partial charge in [0.15, 0.2) is 0 Å². The summed E-state index contributed by atoms with van der Waals surface area (Å²) in [5.41, 5.74) is 0. The van der Waals surface area contributed by atoms with Gasteiger partial charge in [-0.1, -0.05) is 5.92 Å². The number of ether oxygens (including phenoxy) is 1. The van der Waals surface area contributed by atoms with Gasteiger partial charge in [-0.25, -0.2) is 0 Å². The molecule has 1 aliphatic rings. The van der Waals surface area contributed by atoms with Gasteiger partial charge in [0.1, 0.15) is 6.61 Å². The molecule has 1 aliphatic heterocycles. The molecule has 0 amide bonds. The van der Waals surface area contributed by atoms with Gasteiger partial charge in [-0.05, 0) is 7.05 Å². The molecule has 1 fully saturated rings. The van der Waals surface area contributed by atoms with Crippen molar-refractivity contribution in [1.82, 2.24) is 9.80 Å². The minimum absolute atomic E-state index is 0.278. The van der Waals surface area contributed by atoms with Crippen LogP contribution in [0.15, 0.2) is 0 Å². The van der Waals surface area contributed by atoms with Crippen LogP contribution >= 0.6 is 0 Å². The van der Waals surface area contributed by atoms with E-state index in [1.165, 1.54) is 0 Å². The largest absolute Gasteiger partial charge is 0.389 e. The number of hydrogen-bond acceptors (Lipinski definition) is 4. The predicted octanol–water partition coefficient (Wildman–Crippen LogP) is -0.755. The molecule has 4 nitrogen and oxygen atoms in total. The van der Waals surface area contributed by atoms with Crippen LogP contribution in [0.5, 0.6) is 0 Å². The number of aliphatic hydroxyl groups excluding tert-OH is 1.